The Hall–Kier alpha value is -3.25. The molecular formula is C27H35Cl2N7O5. The summed E-state index contributed by atoms with van der Waals surface area (Å²) < 4.78 is 10.3. The minimum absolute atomic E-state index is 0.0232. The van der Waals surface area contributed by atoms with Crippen LogP contribution in [-0.4, -0.2) is 83.9 Å². The third-order valence-electron chi connectivity index (χ3n) is 7.69. The van der Waals surface area contributed by atoms with Gasteiger partial charge in [-0.2, -0.15) is 4.98 Å². The van der Waals surface area contributed by atoms with Crippen LogP contribution in [0.3, 0.4) is 0 Å². The second-order valence-electron chi connectivity index (χ2n) is 11.8. The molecule has 14 heteroatoms. The number of amides is 2. The monoisotopic (exact) mass is 607 g/mol. The number of halogens is 2. The lowest BCUT2D eigenvalue weighted by atomic mass is 10.1. The van der Waals surface area contributed by atoms with Crippen molar-refractivity contribution in [1.29, 1.82) is 0 Å². The lowest BCUT2D eigenvalue weighted by Crippen LogP contribution is -2.46. The number of alkyl carbamates (subject to hydrolysis) is 1. The number of carbonyl (C=O) groups is 3. The van der Waals surface area contributed by atoms with Crippen LogP contribution in [0.4, 0.5) is 16.6 Å². The number of aryl methyl sites for hydroxylation is 1. The van der Waals surface area contributed by atoms with E-state index in [1.54, 1.807) is 13.0 Å². The molecule has 3 atom stereocenters. The number of rotatable bonds is 6. The number of hydrogen-bond donors (Lipinski definition) is 3. The molecule has 0 aromatic carbocycles. The number of aromatic nitrogens is 3. The summed E-state index contributed by atoms with van der Waals surface area (Å²) in [6.45, 7) is 9.80. The Balaban J connectivity index is 1.21. The van der Waals surface area contributed by atoms with Gasteiger partial charge >= 0.3 is 12.1 Å². The van der Waals surface area contributed by atoms with Crippen LogP contribution in [-0.2, 0) is 9.47 Å². The van der Waals surface area contributed by atoms with Gasteiger partial charge in [0, 0.05) is 61.9 Å². The highest BCUT2D eigenvalue weighted by atomic mass is 35.5. The lowest BCUT2D eigenvalue weighted by molar-refractivity contribution is 0.0495. The molecule has 3 fully saturated rings. The van der Waals surface area contributed by atoms with E-state index in [1.165, 1.54) is 7.11 Å². The van der Waals surface area contributed by atoms with Crippen molar-refractivity contribution in [3.63, 3.8) is 0 Å². The largest absolute Gasteiger partial charge is 0.464 e. The van der Waals surface area contributed by atoms with Crippen LogP contribution in [0.2, 0.25) is 10.0 Å². The molecule has 3 N–H and O–H groups in total. The van der Waals surface area contributed by atoms with E-state index in [9.17, 15) is 14.4 Å². The SMILES string of the molecule is COC(=O)c1cc(N2C[C@@H]3C(NC(=O)c4[nH]c(C)c(Cl)c4Cl)[C@@H]3C2)nc(N2CCC(NC(=O)OC(C)(C)C)CC2)n1. The zero-order chi connectivity index (χ0) is 29.6. The van der Waals surface area contributed by atoms with E-state index < -0.39 is 17.7 Å². The molecule has 0 spiro atoms. The summed E-state index contributed by atoms with van der Waals surface area (Å²) in [5, 5.41) is 6.57. The van der Waals surface area contributed by atoms with Crippen molar-refractivity contribution in [3.8, 4) is 0 Å². The van der Waals surface area contributed by atoms with E-state index in [2.05, 4.69) is 25.5 Å². The standard InChI is InChI=1S/C27H35Cl2N7O5/c1-13-19(28)20(29)22(30-13)23(37)34-21-15-11-36(12-16(15)21)18-10-17(24(38)40-5)32-25(33-18)35-8-6-14(7-9-35)31-26(39)41-27(2,3)4/h10,14-16,21,30H,6-9,11-12H2,1-5H3,(H,31,39)(H,34,37)/t15-,16+,21?. The van der Waals surface area contributed by atoms with Crippen molar-refractivity contribution in [3.05, 3.63) is 33.2 Å². The lowest BCUT2D eigenvalue weighted by Gasteiger charge is -2.33. The van der Waals surface area contributed by atoms with Crippen LogP contribution < -0.4 is 20.4 Å². The van der Waals surface area contributed by atoms with Gasteiger partial charge in [-0.25, -0.2) is 14.6 Å². The summed E-state index contributed by atoms with van der Waals surface area (Å²) in [6.07, 6.45) is 0.940. The van der Waals surface area contributed by atoms with Crippen molar-refractivity contribution >= 4 is 52.9 Å². The Morgan fingerprint density at radius 1 is 1.02 bits per heavy atom. The maximum atomic E-state index is 12.8. The predicted octanol–water partition coefficient (Wildman–Crippen LogP) is 3.56. The van der Waals surface area contributed by atoms with Crippen LogP contribution >= 0.6 is 23.2 Å². The fourth-order valence-corrected chi connectivity index (χ4v) is 5.93. The number of carbonyl (C=O) groups excluding carboxylic acids is 3. The molecule has 0 bridgehead atoms. The Labute approximate surface area is 248 Å². The van der Waals surface area contributed by atoms with E-state index in [1.807, 2.05) is 25.7 Å². The van der Waals surface area contributed by atoms with Crippen LogP contribution in [0.15, 0.2) is 6.07 Å². The van der Waals surface area contributed by atoms with Gasteiger partial charge in [-0.1, -0.05) is 23.2 Å². The molecule has 1 saturated carbocycles. The molecule has 2 aromatic heterocycles. The van der Waals surface area contributed by atoms with Gasteiger partial charge in [0.2, 0.25) is 5.95 Å². The summed E-state index contributed by atoms with van der Waals surface area (Å²) in [7, 11) is 1.32. The fourth-order valence-electron chi connectivity index (χ4n) is 5.51. The van der Waals surface area contributed by atoms with Gasteiger partial charge in [0.15, 0.2) is 5.69 Å². The second-order valence-corrected chi connectivity index (χ2v) is 12.6. The zero-order valence-electron chi connectivity index (χ0n) is 23.7. The van der Waals surface area contributed by atoms with E-state index in [-0.39, 0.29) is 46.2 Å². The number of methoxy groups -OCH3 is 1. The molecule has 5 rings (SSSR count). The molecule has 0 radical (unpaired) electrons. The van der Waals surface area contributed by atoms with Crippen molar-refractivity contribution in [2.24, 2.45) is 11.8 Å². The molecular weight excluding hydrogens is 573 g/mol. The highest BCUT2D eigenvalue weighted by Gasteiger charge is 2.57. The van der Waals surface area contributed by atoms with Crippen LogP contribution in [0.5, 0.6) is 0 Å². The smallest absolute Gasteiger partial charge is 0.407 e. The number of aromatic amines is 1. The van der Waals surface area contributed by atoms with Crippen molar-refractivity contribution in [1.82, 2.24) is 25.6 Å². The van der Waals surface area contributed by atoms with Gasteiger partial charge < -0.3 is 34.9 Å². The second kappa shape index (κ2) is 11.2. The number of fused-ring (bicyclic) bond motifs is 1. The zero-order valence-corrected chi connectivity index (χ0v) is 25.2. The van der Waals surface area contributed by atoms with Gasteiger partial charge in [0.05, 0.1) is 17.2 Å². The molecule has 222 valence electrons. The quantitative estimate of drug-likeness (QED) is 0.420. The molecule has 1 unspecified atom stereocenters. The maximum Gasteiger partial charge on any atom is 0.407 e. The van der Waals surface area contributed by atoms with Crippen molar-refractivity contribution < 1.29 is 23.9 Å². The third-order valence-corrected chi connectivity index (χ3v) is 8.64. The minimum Gasteiger partial charge on any atom is -0.464 e. The molecule has 4 heterocycles. The number of nitrogens with zero attached hydrogens (tertiary/aromatic N) is 4. The number of anilines is 2. The summed E-state index contributed by atoms with van der Waals surface area (Å²) in [6, 6.07) is 1.65. The molecule has 41 heavy (non-hydrogen) atoms. The first kappa shape index (κ1) is 29.2. The summed E-state index contributed by atoms with van der Waals surface area (Å²) >= 11 is 12.3. The highest BCUT2D eigenvalue weighted by Crippen LogP contribution is 2.47. The minimum atomic E-state index is -0.561. The first-order chi connectivity index (χ1) is 19.3. The first-order valence-electron chi connectivity index (χ1n) is 13.7. The number of ether oxygens (including phenoxy) is 2. The van der Waals surface area contributed by atoms with Crippen LogP contribution in [0.25, 0.3) is 0 Å². The first-order valence-corrected chi connectivity index (χ1v) is 14.4. The average molecular weight is 609 g/mol. The van der Waals surface area contributed by atoms with Gasteiger partial charge in [-0.15, -0.1) is 0 Å². The van der Waals surface area contributed by atoms with Crippen LogP contribution in [0.1, 0.15) is 60.3 Å². The van der Waals surface area contributed by atoms with Gasteiger partial charge in [-0.3, -0.25) is 4.79 Å². The molecule has 2 aromatic rings. The number of hydrogen-bond acceptors (Lipinski definition) is 9. The van der Waals surface area contributed by atoms with E-state index >= 15 is 0 Å². The Kier molecular flexibility index (Phi) is 7.99. The topological polar surface area (TPSA) is 142 Å². The third kappa shape index (κ3) is 6.33. The van der Waals surface area contributed by atoms with E-state index in [4.69, 9.17) is 37.7 Å². The Morgan fingerprint density at radius 2 is 1.68 bits per heavy atom. The predicted molar refractivity (Wildman–Crippen MR) is 154 cm³/mol. The highest BCUT2D eigenvalue weighted by molar-refractivity contribution is 6.44. The Morgan fingerprint density at radius 3 is 2.24 bits per heavy atom. The summed E-state index contributed by atoms with van der Waals surface area (Å²) in [5.74, 6) is 0.757. The van der Waals surface area contributed by atoms with Crippen molar-refractivity contribution in [2.45, 2.75) is 58.2 Å². The number of esters is 1. The summed E-state index contributed by atoms with van der Waals surface area (Å²) in [4.78, 5) is 53.8. The van der Waals surface area contributed by atoms with Gasteiger partial charge in [-0.05, 0) is 40.5 Å². The van der Waals surface area contributed by atoms with E-state index in [0.29, 0.717) is 61.5 Å². The number of nitrogens with one attached hydrogen (secondary N) is 3. The van der Waals surface area contributed by atoms with Crippen molar-refractivity contribution in [2.75, 3.05) is 43.1 Å². The molecule has 1 aliphatic carbocycles. The van der Waals surface area contributed by atoms with Crippen LogP contribution in [0, 0.1) is 18.8 Å². The van der Waals surface area contributed by atoms with Gasteiger partial charge in [0.25, 0.3) is 5.91 Å². The van der Waals surface area contributed by atoms with E-state index in [0.717, 1.165) is 0 Å². The molecule has 3 aliphatic rings. The molecule has 2 amide bonds. The van der Waals surface area contributed by atoms with Gasteiger partial charge in [0.1, 0.15) is 17.1 Å². The molecule has 2 aliphatic heterocycles. The molecule has 2 saturated heterocycles. The average Bonchev–Trinajstić information content (AvgIpc) is 3.23. The summed E-state index contributed by atoms with van der Waals surface area (Å²) in [5.41, 5.74) is 0.535. The number of piperidine rings is 2. The maximum absolute atomic E-state index is 12.8. The fraction of sp³-hybridized carbons (Fsp3) is 0.593. The molecule has 12 nitrogen and oxygen atoms in total. The number of H-pyrrole nitrogens is 1. The normalized spacial score (nSPS) is 22.3. The Bertz CT molecular complexity index is 1340.